The average molecular weight is 328 g/mol. The minimum atomic E-state index is -0.279. The summed E-state index contributed by atoms with van der Waals surface area (Å²) >= 11 is 4.87. The van der Waals surface area contributed by atoms with Crippen molar-refractivity contribution < 1.29 is 14.3 Å². The lowest BCUT2D eigenvalue weighted by molar-refractivity contribution is -0.122. The molecule has 1 aliphatic heterocycles. The van der Waals surface area contributed by atoms with Crippen LogP contribution in [0.4, 0.5) is 5.69 Å². The van der Waals surface area contributed by atoms with Crippen LogP contribution < -0.4 is 4.90 Å². The Balaban J connectivity index is 2.04. The molecule has 1 aliphatic rings. The normalized spacial score (nSPS) is 16.6. The van der Waals surface area contributed by atoms with E-state index in [2.05, 4.69) is 0 Å². The van der Waals surface area contributed by atoms with Gasteiger partial charge in [-0.2, -0.15) is 0 Å². The quantitative estimate of drug-likeness (QED) is 0.484. The zero-order valence-corrected chi connectivity index (χ0v) is 13.6. The Hall–Kier alpha value is -2.73. The molecule has 1 fully saturated rings. The molecule has 1 aromatic rings. The number of carbonyl (C=O) groups is 2. The zero-order chi connectivity index (χ0) is 16.8. The van der Waals surface area contributed by atoms with E-state index >= 15 is 0 Å². The molecule has 0 aromatic heterocycles. The van der Waals surface area contributed by atoms with Gasteiger partial charge in [0.2, 0.25) is 5.91 Å². The smallest absolute Gasteiger partial charge is 0.296 e. The second-order valence-corrected chi connectivity index (χ2v) is 5.06. The van der Waals surface area contributed by atoms with Gasteiger partial charge in [0, 0.05) is 25.9 Å². The van der Waals surface area contributed by atoms with Crippen molar-refractivity contribution in [1.82, 2.24) is 4.90 Å². The number of amides is 2. The second kappa shape index (κ2) is 7.51. The maximum absolute atomic E-state index is 11.7. The van der Waals surface area contributed by atoms with E-state index in [0.29, 0.717) is 0 Å². The number of anilines is 1. The predicted molar refractivity (Wildman–Crippen MR) is 92.4 cm³/mol. The van der Waals surface area contributed by atoms with Gasteiger partial charge in [-0.1, -0.05) is 30.4 Å². The lowest BCUT2D eigenvalue weighted by Gasteiger charge is -2.15. The van der Waals surface area contributed by atoms with Crippen LogP contribution in [0.1, 0.15) is 6.92 Å². The molecule has 1 heterocycles. The van der Waals surface area contributed by atoms with Crippen LogP contribution >= 0.6 is 12.2 Å². The van der Waals surface area contributed by atoms with Crippen molar-refractivity contribution in [2.75, 3.05) is 11.9 Å². The van der Waals surface area contributed by atoms with E-state index < -0.39 is 0 Å². The van der Waals surface area contributed by atoms with E-state index in [-0.39, 0.29) is 22.7 Å². The van der Waals surface area contributed by atoms with E-state index in [1.54, 1.807) is 31.5 Å². The van der Waals surface area contributed by atoms with Gasteiger partial charge < -0.3 is 4.74 Å². The molecule has 6 heteroatoms. The van der Waals surface area contributed by atoms with Gasteiger partial charge in [-0.15, -0.1) is 0 Å². The van der Waals surface area contributed by atoms with Gasteiger partial charge in [-0.3, -0.25) is 19.4 Å². The van der Waals surface area contributed by atoms with Crippen molar-refractivity contribution in [2.24, 2.45) is 0 Å². The molecular formula is C17H16N2O3S. The number of allylic oxidation sites excluding steroid dienone is 4. The van der Waals surface area contributed by atoms with Gasteiger partial charge >= 0.3 is 0 Å². The number of benzene rings is 1. The highest BCUT2D eigenvalue weighted by molar-refractivity contribution is 7.80. The van der Waals surface area contributed by atoms with Crippen molar-refractivity contribution in [2.45, 2.75) is 6.92 Å². The fourth-order valence-electron chi connectivity index (χ4n) is 1.86. The first-order chi connectivity index (χ1) is 11.0. The first-order valence-corrected chi connectivity index (χ1v) is 7.31. The molecule has 2 rings (SSSR count). The van der Waals surface area contributed by atoms with Crippen LogP contribution in [-0.4, -0.2) is 28.9 Å². The second-order valence-electron chi connectivity index (χ2n) is 4.71. The Morgan fingerprint density at radius 1 is 1.22 bits per heavy atom. The summed E-state index contributed by atoms with van der Waals surface area (Å²) in [6.45, 7) is 1.49. The van der Waals surface area contributed by atoms with Crippen molar-refractivity contribution in [1.29, 1.82) is 0 Å². The topological polar surface area (TPSA) is 49.9 Å². The third-order valence-corrected chi connectivity index (χ3v) is 3.42. The molecule has 2 amide bonds. The molecule has 23 heavy (non-hydrogen) atoms. The zero-order valence-electron chi connectivity index (χ0n) is 12.8. The van der Waals surface area contributed by atoms with Crippen LogP contribution in [0.25, 0.3) is 0 Å². The molecule has 0 bridgehead atoms. The fourth-order valence-corrected chi connectivity index (χ4v) is 2.04. The summed E-state index contributed by atoms with van der Waals surface area (Å²) in [6, 6.07) is 9.31. The average Bonchev–Trinajstić information content (AvgIpc) is 2.78. The molecular weight excluding hydrogens is 312 g/mol. The van der Waals surface area contributed by atoms with Gasteiger partial charge in [0.25, 0.3) is 11.1 Å². The maximum Gasteiger partial charge on any atom is 0.296 e. The Morgan fingerprint density at radius 2 is 1.91 bits per heavy atom. The molecule has 5 nitrogen and oxygen atoms in total. The molecule has 0 unspecified atom stereocenters. The molecule has 1 saturated heterocycles. The van der Waals surface area contributed by atoms with E-state index in [1.807, 2.05) is 30.3 Å². The largest absolute Gasteiger partial charge is 0.426 e. The summed E-state index contributed by atoms with van der Waals surface area (Å²) in [4.78, 5) is 26.2. The van der Waals surface area contributed by atoms with Gasteiger partial charge in [0.1, 0.15) is 0 Å². The molecule has 0 N–H and O–H groups in total. The van der Waals surface area contributed by atoms with Gasteiger partial charge in [0.05, 0.1) is 0 Å². The third-order valence-electron chi connectivity index (χ3n) is 3.07. The first-order valence-electron chi connectivity index (χ1n) is 6.90. The van der Waals surface area contributed by atoms with Crippen LogP contribution in [0, 0.1) is 0 Å². The Bertz CT molecular complexity index is 708. The van der Waals surface area contributed by atoms with Gasteiger partial charge in [-0.25, -0.2) is 0 Å². The number of likely N-dealkylation sites (N-methyl/N-ethyl adjacent to an activating group) is 1. The number of nitrogens with zero attached hydrogens (tertiary/aromatic N) is 2. The minimum absolute atomic E-state index is 0.0968. The van der Waals surface area contributed by atoms with Crippen LogP contribution in [0.3, 0.4) is 0 Å². The first kappa shape index (κ1) is 16.6. The van der Waals surface area contributed by atoms with Crippen LogP contribution in [0.5, 0.6) is 0 Å². The molecule has 0 spiro atoms. The lowest BCUT2D eigenvalue weighted by atomic mass is 10.3. The van der Waals surface area contributed by atoms with Crippen LogP contribution in [0.15, 0.2) is 66.6 Å². The summed E-state index contributed by atoms with van der Waals surface area (Å²) in [5, 5.41) is 0.136. The molecule has 0 aliphatic carbocycles. The predicted octanol–water partition coefficient (Wildman–Crippen LogP) is 2.77. The molecule has 1 aromatic carbocycles. The molecule has 0 saturated carbocycles. The Labute approximate surface area is 140 Å². The number of hydrogen-bond donors (Lipinski definition) is 0. The highest BCUT2D eigenvalue weighted by atomic mass is 32.1. The number of para-hydroxylation sites is 1. The highest BCUT2D eigenvalue weighted by Crippen LogP contribution is 2.15. The molecule has 0 atom stereocenters. The highest BCUT2D eigenvalue weighted by Gasteiger charge is 2.29. The van der Waals surface area contributed by atoms with E-state index in [0.717, 1.165) is 5.69 Å². The number of rotatable bonds is 4. The Morgan fingerprint density at radius 3 is 2.48 bits per heavy atom. The summed E-state index contributed by atoms with van der Waals surface area (Å²) in [5.41, 5.74) is 0.782. The van der Waals surface area contributed by atoms with E-state index in [1.165, 1.54) is 22.8 Å². The van der Waals surface area contributed by atoms with Crippen molar-refractivity contribution >= 4 is 34.9 Å². The van der Waals surface area contributed by atoms with Crippen LogP contribution in [0.2, 0.25) is 0 Å². The fraction of sp³-hybridized carbons (Fsp3) is 0.118. The van der Waals surface area contributed by atoms with Crippen molar-refractivity contribution in [3.63, 3.8) is 0 Å². The van der Waals surface area contributed by atoms with Crippen molar-refractivity contribution in [3.8, 4) is 0 Å². The summed E-state index contributed by atoms with van der Waals surface area (Å²) in [5.74, 6) is -0.201. The standard InChI is InChI=1S/C17H16N2O3S/c1-13(20)19(14-9-5-3-6-10-14)12-8-4-7-11-15-16(21)18(2)17(23)22-15/h3-12H,1-2H3. The number of thiocarbonyl (C=S) groups is 1. The van der Waals surface area contributed by atoms with Gasteiger partial charge in [-0.05, 0) is 36.5 Å². The van der Waals surface area contributed by atoms with Gasteiger partial charge in [0.15, 0.2) is 5.76 Å². The van der Waals surface area contributed by atoms with E-state index in [9.17, 15) is 9.59 Å². The van der Waals surface area contributed by atoms with Crippen molar-refractivity contribution in [3.05, 3.63) is 66.6 Å². The Kier molecular flexibility index (Phi) is 5.43. The summed E-state index contributed by atoms with van der Waals surface area (Å²) in [6.07, 6.45) is 8.23. The molecule has 0 radical (unpaired) electrons. The number of hydrogen-bond acceptors (Lipinski definition) is 4. The minimum Gasteiger partial charge on any atom is -0.426 e. The lowest BCUT2D eigenvalue weighted by Crippen LogP contribution is -2.22. The van der Waals surface area contributed by atoms with E-state index in [4.69, 9.17) is 17.0 Å². The third kappa shape index (κ3) is 4.14. The van der Waals surface area contributed by atoms with Crippen LogP contribution in [-0.2, 0) is 14.3 Å². The summed E-state index contributed by atoms with van der Waals surface area (Å²) in [7, 11) is 1.56. The maximum atomic E-state index is 11.7. The molecule has 118 valence electrons. The summed E-state index contributed by atoms with van der Waals surface area (Å²) < 4.78 is 5.15. The number of carbonyl (C=O) groups excluding carboxylic acids is 2. The monoisotopic (exact) mass is 328 g/mol. The number of ether oxygens (including phenoxy) is 1. The SMILES string of the molecule is CC(=O)N(C=CC=CC=C1OC(=S)N(C)C1=O)c1ccccc1.